The second-order valence-electron chi connectivity index (χ2n) is 7.56. The second-order valence-corrected chi connectivity index (χ2v) is 8.34. The summed E-state index contributed by atoms with van der Waals surface area (Å²) in [5, 5.41) is 0.263. The molecule has 1 heterocycles. The number of imide groups is 1. The molecule has 1 aliphatic rings. The molecule has 8 heteroatoms. The molecular weight excluding hydrogens is 465 g/mol. The number of hydrogen-bond donors (Lipinski definition) is 0. The van der Waals surface area contributed by atoms with E-state index in [9.17, 15) is 19.2 Å². The van der Waals surface area contributed by atoms with Crippen molar-refractivity contribution in [2.75, 3.05) is 4.90 Å². The number of amides is 2. The molecule has 1 unspecified atom stereocenters. The van der Waals surface area contributed by atoms with Crippen molar-refractivity contribution in [3.8, 4) is 0 Å². The SMILES string of the molecule is Cc1ccc(C(=O)C(C)OC(=O)c2ccc3c(c2)C(=O)N(c2cccc(Cl)c2Cl)C3=O)cc1. The number of hydrogen-bond acceptors (Lipinski definition) is 5. The zero-order valence-corrected chi connectivity index (χ0v) is 19.1. The second kappa shape index (κ2) is 8.81. The molecule has 0 bridgehead atoms. The molecule has 0 radical (unpaired) electrons. The van der Waals surface area contributed by atoms with Crippen molar-refractivity contribution in [3.63, 3.8) is 0 Å². The number of ether oxygens (including phenoxy) is 1. The van der Waals surface area contributed by atoms with Gasteiger partial charge in [-0.15, -0.1) is 0 Å². The van der Waals surface area contributed by atoms with Crippen LogP contribution in [-0.2, 0) is 4.74 Å². The Morgan fingerprint density at radius 2 is 1.52 bits per heavy atom. The number of carbonyl (C=O) groups is 4. The Morgan fingerprint density at radius 1 is 0.879 bits per heavy atom. The van der Waals surface area contributed by atoms with Crippen LogP contribution in [0.1, 0.15) is 53.9 Å². The zero-order valence-electron chi connectivity index (χ0n) is 17.6. The van der Waals surface area contributed by atoms with Gasteiger partial charge in [0.2, 0.25) is 5.78 Å². The first-order valence-corrected chi connectivity index (χ1v) is 10.7. The largest absolute Gasteiger partial charge is 0.451 e. The number of anilines is 1. The Hall–Kier alpha value is -3.48. The van der Waals surface area contributed by atoms with Gasteiger partial charge in [-0.3, -0.25) is 14.4 Å². The number of carbonyl (C=O) groups excluding carboxylic acids is 4. The number of Topliss-reactive ketones (excluding diaryl/α,β-unsaturated/α-hetero) is 1. The van der Waals surface area contributed by atoms with Crippen LogP contribution in [0, 0.1) is 6.92 Å². The lowest BCUT2D eigenvalue weighted by atomic mass is 10.0. The van der Waals surface area contributed by atoms with Crippen LogP contribution in [-0.4, -0.2) is 29.7 Å². The quantitative estimate of drug-likeness (QED) is 0.271. The average molecular weight is 482 g/mol. The summed E-state index contributed by atoms with van der Waals surface area (Å²) in [4.78, 5) is 52.0. The van der Waals surface area contributed by atoms with Gasteiger partial charge >= 0.3 is 5.97 Å². The minimum atomic E-state index is -1.03. The summed E-state index contributed by atoms with van der Waals surface area (Å²) < 4.78 is 5.31. The number of halogens is 2. The number of nitrogens with zero attached hydrogens (tertiary/aromatic N) is 1. The minimum absolute atomic E-state index is 0.0306. The molecule has 0 fully saturated rings. The molecule has 0 saturated carbocycles. The van der Waals surface area contributed by atoms with E-state index in [1.165, 1.54) is 31.2 Å². The molecule has 3 aromatic carbocycles. The Bertz CT molecular complexity index is 1320. The van der Waals surface area contributed by atoms with Gasteiger partial charge in [-0.05, 0) is 44.2 Å². The van der Waals surface area contributed by atoms with Crippen molar-refractivity contribution >= 4 is 52.5 Å². The number of aryl methyl sites for hydroxylation is 1. The van der Waals surface area contributed by atoms with E-state index in [1.807, 2.05) is 6.92 Å². The van der Waals surface area contributed by atoms with Gasteiger partial charge < -0.3 is 4.74 Å². The van der Waals surface area contributed by atoms with Crippen molar-refractivity contribution in [1.82, 2.24) is 0 Å². The maximum absolute atomic E-state index is 13.0. The monoisotopic (exact) mass is 481 g/mol. The summed E-state index contributed by atoms with van der Waals surface area (Å²) in [5.41, 5.74) is 1.76. The summed E-state index contributed by atoms with van der Waals surface area (Å²) in [6.45, 7) is 3.38. The number of rotatable bonds is 5. The van der Waals surface area contributed by atoms with Crippen LogP contribution in [0.15, 0.2) is 60.7 Å². The van der Waals surface area contributed by atoms with Gasteiger partial charge in [0.15, 0.2) is 6.10 Å². The maximum atomic E-state index is 13.0. The Balaban J connectivity index is 1.56. The Kier molecular flexibility index (Phi) is 6.06. The predicted molar refractivity (Wildman–Crippen MR) is 124 cm³/mol. The fraction of sp³-hybridized carbons (Fsp3) is 0.120. The molecule has 0 saturated heterocycles. The molecule has 3 aromatic rings. The van der Waals surface area contributed by atoms with Crippen molar-refractivity contribution in [2.24, 2.45) is 0 Å². The first-order chi connectivity index (χ1) is 15.7. The van der Waals surface area contributed by atoms with Gasteiger partial charge in [-0.1, -0.05) is 59.1 Å². The van der Waals surface area contributed by atoms with Gasteiger partial charge in [0.05, 0.1) is 32.4 Å². The average Bonchev–Trinajstić information content (AvgIpc) is 3.05. The van der Waals surface area contributed by atoms with E-state index in [4.69, 9.17) is 27.9 Å². The molecule has 1 aliphatic heterocycles. The lowest BCUT2D eigenvalue weighted by molar-refractivity contribution is 0.0318. The molecule has 0 aromatic heterocycles. The summed E-state index contributed by atoms with van der Waals surface area (Å²) in [6, 6.07) is 15.6. The lowest BCUT2D eigenvalue weighted by Gasteiger charge is -2.15. The van der Waals surface area contributed by atoms with E-state index in [2.05, 4.69) is 0 Å². The molecule has 2 amide bonds. The van der Waals surface area contributed by atoms with Crippen molar-refractivity contribution in [3.05, 3.63) is 98.5 Å². The Labute approximate surface area is 199 Å². The van der Waals surface area contributed by atoms with Gasteiger partial charge in [-0.2, -0.15) is 0 Å². The van der Waals surface area contributed by atoms with Crippen LogP contribution >= 0.6 is 23.2 Å². The zero-order chi connectivity index (χ0) is 23.9. The van der Waals surface area contributed by atoms with E-state index in [1.54, 1.807) is 36.4 Å². The van der Waals surface area contributed by atoms with Crippen molar-refractivity contribution < 1.29 is 23.9 Å². The van der Waals surface area contributed by atoms with Crippen LogP contribution in [0.25, 0.3) is 0 Å². The minimum Gasteiger partial charge on any atom is -0.451 e. The number of fused-ring (bicyclic) bond motifs is 1. The molecule has 6 nitrogen and oxygen atoms in total. The highest BCUT2D eigenvalue weighted by atomic mass is 35.5. The van der Waals surface area contributed by atoms with Crippen LogP contribution < -0.4 is 4.90 Å². The summed E-state index contributed by atoms with van der Waals surface area (Å²) in [6.07, 6.45) is -1.03. The molecular formula is C25H17Cl2NO5. The van der Waals surface area contributed by atoms with E-state index >= 15 is 0 Å². The molecule has 33 heavy (non-hydrogen) atoms. The number of esters is 1. The highest BCUT2D eigenvalue weighted by molar-refractivity contribution is 6.46. The lowest BCUT2D eigenvalue weighted by Crippen LogP contribution is -2.29. The summed E-state index contributed by atoms with van der Waals surface area (Å²) in [5.74, 6) is -2.36. The maximum Gasteiger partial charge on any atom is 0.338 e. The highest BCUT2D eigenvalue weighted by Crippen LogP contribution is 2.37. The van der Waals surface area contributed by atoms with Crippen LogP contribution in [0.5, 0.6) is 0 Å². The third kappa shape index (κ3) is 4.15. The summed E-state index contributed by atoms with van der Waals surface area (Å²) >= 11 is 12.2. The molecule has 0 aliphatic carbocycles. The fourth-order valence-corrected chi connectivity index (χ4v) is 3.87. The number of benzene rings is 3. The van der Waals surface area contributed by atoms with Crippen LogP contribution in [0.4, 0.5) is 5.69 Å². The van der Waals surface area contributed by atoms with E-state index in [0.717, 1.165) is 10.5 Å². The number of ketones is 1. The van der Waals surface area contributed by atoms with Crippen LogP contribution in [0.2, 0.25) is 10.0 Å². The van der Waals surface area contributed by atoms with Crippen molar-refractivity contribution in [2.45, 2.75) is 20.0 Å². The van der Waals surface area contributed by atoms with Gasteiger partial charge in [-0.25, -0.2) is 9.69 Å². The first-order valence-electron chi connectivity index (χ1n) is 9.97. The summed E-state index contributed by atoms with van der Waals surface area (Å²) in [7, 11) is 0. The molecule has 1 atom stereocenters. The Morgan fingerprint density at radius 3 is 2.21 bits per heavy atom. The highest BCUT2D eigenvalue weighted by Gasteiger charge is 2.38. The topological polar surface area (TPSA) is 80.8 Å². The fourth-order valence-electron chi connectivity index (χ4n) is 3.49. The van der Waals surface area contributed by atoms with E-state index < -0.39 is 23.9 Å². The van der Waals surface area contributed by atoms with Gasteiger partial charge in [0, 0.05) is 5.56 Å². The smallest absolute Gasteiger partial charge is 0.338 e. The van der Waals surface area contributed by atoms with E-state index in [-0.39, 0.29) is 38.2 Å². The van der Waals surface area contributed by atoms with Gasteiger partial charge in [0.1, 0.15) is 0 Å². The van der Waals surface area contributed by atoms with Crippen molar-refractivity contribution in [1.29, 1.82) is 0 Å². The van der Waals surface area contributed by atoms with Crippen LogP contribution in [0.3, 0.4) is 0 Å². The third-order valence-corrected chi connectivity index (χ3v) is 6.09. The molecule has 166 valence electrons. The first kappa shape index (κ1) is 22.7. The predicted octanol–water partition coefficient (Wildman–Crippen LogP) is 5.53. The van der Waals surface area contributed by atoms with E-state index in [0.29, 0.717) is 5.56 Å². The molecule has 0 N–H and O–H groups in total. The van der Waals surface area contributed by atoms with Gasteiger partial charge in [0.25, 0.3) is 11.8 Å². The molecule has 0 spiro atoms. The third-order valence-electron chi connectivity index (χ3n) is 5.28. The standard InChI is InChI=1S/C25H17Cl2NO5/c1-13-6-8-15(9-7-13)22(29)14(2)33-25(32)16-10-11-17-18(12-16)24(31)28(23(17)30)20-5-3-4-19(26)21(20)27/h3-12,14H,1-2H3. The normalized spacial score (nSPS) is 13.6. The molecule has 4 rings (SSSR count).